The maximum atomic E-state index is 6.24. The van der Waals surface area contributed by atoms with E-state index in [1.165, 1.54) is 43.2 Å². The summed E-state index contributed by atoms with van der Waals surface area (Å²) in [4.78, 5) is 6.67. The maximum absolute atomic E-state index is 6.24. The van der Waals surface area contributed by atoms with Crippen molar-refractivity contribution < 1.29 is 4.74 Å². The summed E-state index contributed by atoms with van der Waals surface area (Å²) in [7, 11) is 2.05. The summed E-state index contributed by atoms with van der Waals surface area (Å²) >= 11 is 0. The van der Waals surface area contributed by atoms with Crippen LogP contribution in [0.15, 0.2) is 23.2 Å². The minimum absolute atomic E-state index is 0.00822. The summed E-state index contributed by atoms with van der Waals surface area (Å²) in [6.45, 7) is 3.96. The number of benzene rings is 1. The highest BCUT2D eigenvalue weighted by Crippen LogP contribution is 2.44. The predicted octanol–water partition coefficient (Wildman–Crippen LogP) is 4.03. The van der Waals surface area contributed by atoms with Crippen LogP contribution >= 0.6 is 0 Å². The van der Waals surface area contributed by atoms with Crippen LogP contribution in [0.2, 0.25) is 0 Å². The lowest BCUT2D eigenvalue weighted by atomic mass is 9.76. The van der Waals surface area contributed by atoms with Gasteiger partial charge >= 0.3 is 0 Å². The van der Waals surface area contributed by atoms with Crippen LogP contribution in [0.1, 0.15) is 50.2 Å². The van der Waals surface area contributed by atoms with Gasteiger partial charge in [0.1, 0.15) is 0 Å². The summed E-state index contributed by atoms with van der Waals surface area (Å²) in [5.41, 5.74) is 3.93. The van der Waals surface area contributed by atoms with Gasteiger partial charge in [-0.15, -0.1) is 0 Å². The fourth-order valence-corrected chi connectivity index (χ4v) is 3.53. The lowest BCUT2D eigenvalue weighted by Gasteiger charge is -2.42. The van der Waals surface area contributed by atoms with E-state index >= 15 is 0 Å². The third kappa shape index (κ3) is 2.98. The van der Waals surface area contributed by atoms with Crippen molar-refractivity contribution in [2.24, 2.45) is 4.99 Å². The molecular weight excluding hydrogens is 260 g/mol. The Morgan fingerprint density at radius 2 is 2.10 bits per heavy atom. The first-order valence-electron chi connectivity index (χ1n) is 8.25. The molecule has 0 aromatic heterocycles. The van der Waals surface area contributed by atoms with Gasteiger partial charge in [-0.2, -0.15) is 0 Å². The van der Waals surface area contributed by atoms with Gasteiger partial charge < -0.3 is 9.64 Å². The normalized spacial score (nSPS) is 20.7. The second-order valence-electron chi connectivity index (χ2n) is 6.31. The number of hydrogen-bond donors (Lipinski definition) is 0. The molecule has 0 radical (unpaired) electrons. The molecule has 1 aromatic carbocycles. The number of aliphatic imine (C=N–C) groups is 1. The van der Waals surface area contributed by atoms with Crippen molar-refractivity contribution in [3.63, 3.8) is 0 Å². The SMILES string of the molecule is CCN(C)/C=N/c1ccc2c(c1)CCOC21CCCCC1. The first-order valence-corrected chi connectivity index (χ1v) is 8.25. The molecule has 1 aliphatic carbocycles. The molecular formula is C18H26N2O. The largest absolute Gasteiger partial charge is 0.370 e. The van der Waals surface area contributed by atoms with Crippen LogP contribution in [-0.2, 0) is 16.8 Å². The summed E-state index contributed by atoms with van der Waals surface area (Å²) in [5.74, 6) is 0. The minimum atomic E-state index is 0.00822. The van der Waals surface area contributed by atoms with Crippen molar-refractivity contribution in [1.82, 2.24) is 4.90 Å². The predicted molar refractivity (Wildman–Crippen MR) is 87.3 cm³/mol. The summed E-state index contributed by atoms with van der Waals surface area (Å²) in [6.07, 6.45) is 9.23. The Morgan fingerprint density at radius 3 is 2.86 bits per heavy atom. The molecule has 0 amide bonds. The summed E-state index contributed by atoms with van der Waals surface area (Å²) < 4.78 is 6.24. The molecule has 2 aliphatic rings. The van der Waals surface area contributed by atoms with Crippen molar-refractivity contribution in [2.75, 3.05) is 20.2 Å². The van der Waals surface area contributed by atoms with Gasteiger partial charge in [-0.05, 0) is 49.4 Å². The van der Waals surface area contributed by atoms with Gasteiger partial charge in [-0.25, -0.2) is 4.99 Å². The monoisotopic (exact) mass is 286 g/mol. The molecule has 1 fully saturated rings. The quantitative estimate of drug-likeness (QED) is 0.619. The third-order valence-electron chi connectivity index (χ3n) is 4.89. The van der Waals surface area contributed by atoms with Gasteiger partial charge in [0.05, 0.1) is 24.2 Å². The zero-order valence-electron chi connectivity index (χ0n) is 13.3. The molecule has 3 rings (SSSR count). The van der Waals surface area contributed by atoms with E-state index in [1.807, 2.05) is 13.4 Å². The fraction of sp³-hybridized carbons (Fsp3) is 0.611. The van der Waals surface area contributed by atoms with Crippen molar-refractivity contribution in [3.8, 4) is 0 Å². The molecule has 3 heteroatoms. The smallest absolute Gasteiger partial charge is 0.0934 e. The van der Waals surface area contributed by atoms with Crippen LogP contribution in [0.4, 0.5) is 5.69 Å². The molecule has 1 saturated carbocycles. The minimum Gasteiger partial charge on any atom is -0.370 e. The number of hydrogen-bond acceptors (Lipinski definition) is 2. The van der Waals surface area contributed by atoms with E-state index in [4.69, 9.17) is 4.74 Å². The van der Waals surface area contributed by atoms with Gasteiger partial charge in [-0.3, -0.25) is 0 Å². The third-order valence-corrected chi connectivity index (χ3v) is 4.89. The standard InChI is InChI=1S/C18H26N2O/c1-3-20(2)14-19-16-7-8-17-15(13-16)9-12-21-18(17)10-5-4-6-11-18/h7-8,13-14H,3-6,9-12H2,1-2H3/b19-14+. The van der Waals surface area contributed by atoms with E-state index in [0.29, 0.717) is 0 Å². The van der Waals surface area contributed by atoms with E-state index in [1.54, 1.807) is 0 Å². The highest BCUT2D eigenvalue weighted by molar-refractivity contribution is 5.62. The zero-order valence-corrected chi connectivity index (χ0v) is 13.3. The average molecular weight is 286 g/mol. The first kappa shape index (κ1) is 14.6. The highest BCUT2D eigenvalue weighted by Gasteiger charge is 2.38. The Kier molecular flexibility index (Phi) is 4.29. The molecule has 1 aromatic rings. The Labute approximate surface area is 128 Å². The van der Waals surface area contributed by atoms with Gasteiger partial charge in [0.15, 0.2) is 0 Å². The fourth-order valence-electron chi connectivity index (χ4n) is 3.53. The van der Waals surface area contributed by atoms with Crippen molar-refractivity contribution in [1.29, 1.82) is 0 Å². The molecule has 21 heavy (non-hydrogen) atoms. The average Bonchev–Trinajstić information content (AvgIpc) is 2.53. The molecule has 1 aliphatic heterocycles. The molecule has 0 atom stereocenters. The molecule has 1 spiro atoms. The van der Waals surface area contributed by atoms with Crippen LogP contribution in [0.25, 0.3) is 0 Å². The van der Waals surface area contributed by atoms with E-state index < -0.39 is 0 Å². The van der Waals surface area contributed by atoms with Gasteiger partial charge in [-0.1, -0.05) is 25.3 Å². The number of fused-ring (bicyclic) bond motifs is 2. The number of rotatable bonds is 3. The molecule has 0 N–H and O–H groups in total. The Balaban J connectivity index is 1.87. The Morgan fingerprint density at radius 1 is 1.29 bits per heavy atom. The second-order valence-corrected chi connectivity index (χ2v) is 6.31. The van der Waals surface area contributed by atoms with Crippen LogP contribution in [-0.4, -0.2) is 31.4 Å². The van der Waals surface area contributed by atoms with E-state index in [2.05, 4.69) is 35.0 Å². The van der Waals surface area contributed by atoms with Crippen LogP contribution < -0.4 is 0 Å². The molecule has 0 saturated heterocycles. The van der Waals surface area contributed by atoms with Crippen molar-refractivity contribution in [3.05, 3.63) is 29.3 Å². The van der Waals surface area contributed by atoms with Crippen LogP contribution in [0, 0.1) is 0 Å². The lowest BCUT2D eigenvalue weighted by molar-refractivity contribution is -0.0847. The molecule has 1 heterocycles. The molecule has 3 nitrogen and oxygen atoms in total. The van der Waals surface area contributed by atoms with Crippen LogP contribution in [0.5, 0.6) is 0 Å². The maximum Gasteiger partial charge on any atom is 0.0934 e. The second kappa shape index (κ2) is 6.18. The molecule has 0 unspecified atom stereocenters. The lowest BCUT2D eigenvalue weighted by Crippen LogP contribution is -2.37. The van der Waals surface area contributed by atoms with Crippen molar-refractivity contribution in [2.45, 2.75) is 51.0 Å². The van der Waals surface area contributed by atoms with Crippen molar-refractivity contribution >= 4 is 12.0 Å². The van der Waals surface area contributed by atoms with Gasteiger partial charge in [0, 0.05) is 13.6 Å². The number of nitrogens with zero attached hydrogens (tertiary/aromatic N) is 2. The summed E-state index contributed by atoms with van der Waals surface area (Å²) in [5, 5.41) is 0. The van der Waals surface area contributed by atoms with E-state index in [-0.39, 0.29) is 5.60 Å². The summed E-state index contributed by atoms with van der Waals surface area (Å²) in [6, 6.07) is 6.66. The topological polar surface area (TPSA) is 24.8 Å². The molecule has 0 bridgehead atoms. The number of ether oxygens (including phenoxy) is 1. The Hall–Kier alpha value is -1.35. The first-order chi connectivity index (χ1) is 10.2. The Bertz CT molecular complexity index is 518. The van der Waals surface area contributed by atoms with Gasteiger partial charge in [0.25, 0.3) is 0 Å². The van der Waals surface area contributed by atoms with E-state index in [9.17, 15) is 0 Å². The zero-order chi connectivity index (χ0) is 14.7. The molecule has 114 valence electrons. The van der Waals surface area contributed by atoms with Crippen LogP contribution in [0.3, 0.4) is 0 Å². The van der Waals surface area contributed by atoms with E-state index in [0.717, 1.165) is 25.3 Å². The van der Waals surface area contributed by atoms with Gasteiger partial charge in [0.2, 0.25) is 0 Å². The highest BCUT2D eigenvalue weighted by atomic mass is 16.5.